The zero-order valence-electron chi connectivity index (χ0n) is 8.90. The van der Waals surface area contributed by atoms with E-state index in [2.05, 4.69) is 9.97 Å². The van der Waals surface area contributed by atoms with Gasteiger partial charge in [0.15, 0.2) is 0 Å². The lowest BCUT2D eigenvalue weighted by Crippen LogP contribution is -2.07. The molecule has 82 valence electrons. The van der Waals surface area contributed by atoms with Crippen molar-refractivity contribution >= 4 is 5.78 Å². The molecule has 5 nitrogen and oxygen atoms in total. The Morgan fingerprint density at radius 2 is 2.20 bits per heavy atom. The number of hydrogen-bond acceptors (Lipinski definition) is 5. The van der Waals surface area contributed by atoms with E-state index >= 15 is 0 Å². The van der Waals surface area contributed by atoms with E-state index in [1.54, 1.807) is 13.2 Å². The van der Waals surface area contributed by atoms with Crippen LogP contribution in [0.15, 0.2) is 12.4 Å². The third-order valence-corrected chi connectivity index (χ3v) is 1.87. The van der Waals surface area contributed by atoms with Gasteiger partial charge in [-0.05, 0) is 0 Å². The molecule has 0 unspecified atom stereocenters. The molecular formula is C10H14N2O3. The number of aromatic nitrogens is 2. The highest BCUT2D eigenvalue weighted by Crippen LogP contribution is 2.07. The highest BCUT2D eigenvalue weighted by atomic mass is 16.5. The Hall–Kier alpha value is -1.49. The number of nitrogens with zero attached hydrogens (tertiary/aromatic N) is 2. The van der Waals surface area contributed by atoms with Gasteiger partial charge in [-0.15, -0.1) is 0 Å². The summed E-state index contributed by atoms with van der Waals surface area (Å²) in [7, 11) is 3.10. The fraction of sp³-hybridized carbons (Fsp3) is 0.500. The van der Waals surface area contributed by atoms with E-state index in [0.717, 1.165) is 0 Å². The smallest absolute Gasteiger partial charge is 0.216 e. The molecule has 0 aliphatic carbocycles. The molecule has 1 aromatic heterocycles. The maximum atomic E-state index is 11.4. The first-order chi connectivity index (χ1) is 7.26. The van der Waals surface area contributed by atoms with Crippen molar-refractivity contribution in [3.05, 3.63) is 18.1 Å². The molecule has 0 bridgehead atoms. The molecule has 0 aliphatic rings. The summed E-state index contributed by atoms with van der Waals surface area (Å²) in [6.45, 7) is 0.445. The van der Waals surface area contributed by atoms with Crippen LogP contribution in [0.2, 0.25) is 0 Å². The average Bonchev–Trinajstić information content (AvgIpc) is 2.26. The predicted octanol–water partition coefficient (Wildman–Crippen LogP) is 0.633. The summed E-state index contributed by atoms with van der Waals surface area (Å²) in [6, 6.07) is 1.66. The van der Waals surface area contributed by atoms with Crippen LogP contribution in [0.1, 0.15) is 12.1 Å². The molecule has 5 heteroatoms. The van der Waals surface area contributed by atoms with E-state index in [4.69, 9.17) is 9.47 Å². The first-order valence-corrected chi connectivity index (χ1v) is 4.62. The quantitative estimate of drug-likeness (QED) is 0.689. The van der Waals surface area contributed by atoms with Crippen molar-refractivity contribution < 1.29 is 14.3 Å². The molecular weight excluding hydrogens is 196 g/mol. The summed E-state index contributed by atoms with van der Waals surface area (Å²) in [5.74, 6) is 0.567. The van der Waals surface area contributed by atoms with Gasteiger partial charge in [0.05, 0.1) is 19.4 Å². The van der Waals surface area contributed by atoms with Crippen LogP contribution in [0.3, 0.4) is 0 Å². The number of ketones is 1. The summed E-state index contributed by atoms with van der Waals surface area (Å²) in [4.78, 5) is 19.2. The van der Waals surface area contributed by atoms with Gasteiger partial charge in [-0.1, -0.05) is 0 Å². The van der Waals surface area contributed by atoms with Crippen molar-refractivity contribution in [2.75, 3.05) is 20.8 Å². The minimum atomic E-state index is 0.0950. The van der Waals surface area contributed by atoms with Gasteiger partial charge in [-0.3, -0.25) is 4.79 Å². The van der Waals surface area contributed by atoms with Crippen LogP contribution in [0.25, 0.3) is 0 Å². The van der Waals surface area contributed by atoms with E-state index in [9.17, 15) is 4.79 Å². The second-order valence-electron chi connectivity index (χ2n) is 3.01. The highest BCUT2D eigenvalue weighted by Gasteiger charge is 2.05. The number of carbonyl (C=O) groups excluding carboxylic acids is 1. The molecule has 0 fully saturated rings. The highest BCUT2D eigenvalue weighted by molar-refractivity contribution is 5.80. The molecule has 0 aromatic carbocycles. The SMILES string of the molecule is COCCC(=O)Cc1cc(OC)ncn1. The zero-order valence-corrected chi connectivity index (χ0v) is 8.90. The van der Waals surface area contributed by atoms with Crippen LogP contribution in [-0.2, 0) is 16.0 Å². The first-order valence-electron chi connectivity index (χ1n) is 4.62. The summed E-state index contributed by atoms with van der Waals surface area (Å²) in [5, 5.41) is 0. The lowest BCUT2D eigenvalue weighted by Gasteiger charge is -2.02. The number of hydrogen-bond donors (Lipinski definition) is 0. The van der Waals surface area contributed by atoms with Crippen molar-refractivity contribution in [2.45, 2.75) is 12.8 Å². The lowest BCUT2D eigenvalue weighted by atomic mass is 10.2. The summed E-state index contributed by atoms with van der Waals surface area (Å²) in [6.07, 6.45) is 2.09. The monoisotopic (exact) mass is 210 g/mol. The van der Waals surface area contributed by atoms with Gasteiger partial charge >= 0.3 is 0 Å². The Balaban J connectivity index is 2.52. The van der Waals surface area contributed by atoms with Gasteiger partial charge in [-0.25, -0.2) is 9.97 Å². The summed E-state index contributed by atoms with van der Waals surface area (Å²) >= 11 is 0. The number of methoxy groups -OCH3 is 2. The third-order valence-electron chi connectivity index (χ3n) is 1.87. The van der Waals surface area contributed by atoms with E-state index in [0.29, 0.717) is 31.0 Å². The normalized spacial score (nSPS) is 10.0. The van der Waals surface area contributed by atoms with Crippen molar-refractivity contribution in [2.24, 2.45) is 0 Å². The summed E-state index contributed by atoms with van der Waals surface area (Å²) < 4.78 is 9.75. The third kappa shape index (κ3) is 4.03. The molecule has 1 heterocycles. The number of carbonyl (C=O) groups is 1. The van der Waals surface area contributed by atoms with Gasteiger partial charge in [0.1, 0.15) is 12.1 Å². The van der Waals surface area contributed by atoms with Gasteiger partial charge in [0.2, 0.25) is 5.88 Å². The molecule has 1 rings (SSSR count). The minimum Gasteiger partial charge on any atom is -0.481 e. The molecule has 0 spiro atoms. The molecule has 0 N–H and O–H groups in total. The van der Waals surface area contributed by atoms with Crippen LogP contribution in [-0.4, -0.2) is 36.6 Å². The maximum absolute atomic E-state index is 11.4. The van der Waals surface area contributed by atoms with E-state index in [1.807, 2.05) is 0 Å². The van der Waals surface area contributed by atoms with Crippen molar-refractivity contribution in [1.29, 1.82) is 0 Å². The Bertz CT molecular complexity index is 328. The van der Waals surface area contributed by atoms with Crippen molar-refractivity contribution in [1.82, 2.24) is 9.97 Å². The van der Waals surface area contributed by atoms with E-state index < -0.39 is 0 Å². The average molecular weight is 210 g/mol. The topological polar surface area (TPSA) is 61.3 Å². The lowest BCUT2D eigenvalue weighted by molar-refractivity contribution is -0.119. The van der Waals surface area contributed by atoms with Crippen LogP contribution in [0.4, 0.5) is 0 Å². The van der Waals surface area contributed by atoms with Crippen LogP contribution < -0.4 is 4.74 Å². The molecule has 0 atom stereocenters. The Labute approximate surface area is 88.4 Å². The van der Waals surface area contributed by atoms with Gasteiger partial charge < -0.3 is 9.47 Å². The largest absolute Gasteiger partial charge is 0.481 e. The Morgan fingerprint density at radius 3 is 2.87 bits per heavy atom. The first kappa shape index (κ1) is 11.6. The predicted molar refractivity (Wildman–Crippen MR) is 53.8 cm³/mol. The number of rotatable bonds is 6. The van der Waals surface area contributed by atoms with Crippen molar-refractivity contribution in [3.63, 3.8) is 0 Å². The number of ether oxygens (including phenoxy) is 2. The standard InChI is InChI=1S/C10H14N2O3/c1-14-4-3-9(13)5-8-6-10(15-2)12-7-11-8/h6-7H,3-5H2,1-2H3. The molecule has 15 heavy (non-hydrogen) atoms. The Kier molecular flexibility index (Phi) is 4.70. The van der Waals surface area contributed by atoms with Crippen molar-refractivity contribution in [3.8, 4) is 5.88 Å². The van der Waals surface area contributed by atoms with Crippen LogP contribution in [0.5, 0.6) is 5.88 Å². The fourth-order valence-corrected chi connectivity index (χ4v) is 1.09. The fourth-order valence-electron chi connectivity index (χ4n) is 1.09. The molecule has 0 saturated carbocycles. The van der Waals surface area contributed by atoms with Gasteiger partial charge in [0.25, 0.3) is 0 Å². The number of Topliss-reactive ketones (excluding diaryl/α,β-unsaturated/α-hetero) is 1. The summed E-state index contributed by atoms with van der Waals surface area (Å²) in [5.41, 5.74) is 0.669. The van der Waals surface area contributed by atoms with E-state index in [1.165, 1.54) is 13.4 Å². The minimum absolute atomic E-state index is 0.0950. The van der Waals surface area contributed by atoms with Gasteiger partial charge in [-0.2, -0.15) is 0 Å². The molecule has 0 radical (unpaired) electrons. The van der Waals surface area contributed by atoms with Crippen LogP contribution in [0, 0.1) is 0 Å². The Morgan fingerprint density at radius 1 is 1.40 bits per heavy atom. The maximum Gasteiger partial charge on any atom is 0.216 e. The zero-order chi connectivity index (χ0) is 11.1. The molecule has 0 saturated heterocycles. The molecule has 1 aromatic rings. The second-order valence-corrected chi connectivity index (χ2v) is 3.01. The van der Waals surface area contributed by atoms with Gasteiger partial charge in [0, 0.05) is 26.0 Å². The second kappa shape index (κ2) is 6.08. The molecule has 0 aliphatic heterocycles. The molecule has 0 amide bonds. The van der Waals surface area contributed by atoms with Crippen LogP contribution >= 0.6 is 0 Å². The van der Waals surface area contributed by atoms with E-state index in [-0.39, 0.29) is 5.78 Å².